The van der Waals surface area contributed by atoms with Crippen LogP contribution in [0.5, 0.6) is 0 Å². The first-order valence-corrected chi connectivity index (χ1v) is 11.2. The molecular weight excluding hydrogens is 430 g/mol. The van der Waals surface area contributed by atoms with Gasteiger partial charge in [0.2, 0.25) is 11.6 Å². The standard InChI is InChI=1S/C24H26F2N4O3/c25-17-5-1-3-15(11-17)24(16-4-2-6-18(26)12-16)30-20(13-27-14-21(30)23(32)33-24)22(31)29-10-9-28-19-7-8-19/h1-6,11-12,19-21,27-28H,7-10,13-14H2,(H,29,31). The van der Waals surface area contributed by atoms with Gasteiger partial charge in [0.05, 0.1) is 0 Å². The quantitative estimate of drug-likeness (QED) is 0.430. The molecule has 2 unspecified atom stereocenters. The number of benzene rings is 2. The maximum absolute atomic E-state index is 14.3. The topological polar surface area (TPSA) is 82.7 Å². The lowest BCUT2D eigenvalue weighted by atomic mass is 9.89. The van der Waals surface area contributed by atoms with Crippen molar-refractivity contribution in [3.05, 3.63) is 71.3 Å². The summed E-state index contributed by atoms with van der Waals surface area (Å²) in [5.41, 5.74) is -0.999. The minimum absolute atomic E-state index is 0.262. The SMILES string of the molecule is O=C(NCCNC1CC1)C1CNCC2C(=O)OC(c3cccc(F)c3)(c3cccc(F)c3)N12. The zero-order valence-corrected chi connectivity index (χ0v) is 18.0. The van der Waals surface area contributed by atoms with Crippen LogP contribution in [-0.2, 0) is 20.1 Å². The van der Waals surface area contributed by atoms with Crippen molar-refractivity contribution < 1.29 is 23.1 Å². The van der Waals surface area contributed by atoms with Crippen molar-refractivity contribution in [2.75, 3.05) is 26.2 Å². The number of fused-ring (bicyclic) bond motifs is 1. The van der Waals surface area contributed by atoms with Crippen molar-refractivity contribution in [1.82, 2.24) is 20.9 Å². The van der Waals surface area contributed by atoms with Crippen LogP contribution in [0, 0.1) is 11.6 Å². The number of hydrogen-bond donors (Lipinski definition) is 3. The largest absolute Gasteiger partial charge is 0.434 e. The third kappa shape index (κ3) is 4.12. The maximum Gasteiger partial charge on any atom is 0.327 e. The first-order valence-electron chi connectivity index (χ1n) is 11.2. The van der Waals surface area contributed by atoms with Gasteiger partial charge in [-0.1, -0.05) is 24.3 Å². The Morgan fingerprint density at radius 1 is 1.06 bits per heavy atom. The number of esters is 1. The Kier molecular flexibility index (Phi) is 5.86. The van der Waals surface area contributed by atoms with Gasteiger partial charge in [-0.2, -0.15) is 0 Å². The van der Waals surface area contributed by atoms with Crippen LogP contribution in [0.25, 0.3) is 0 Å². The van der Waals surface area contributed by atoms with Gasteiger partial charge >= 0.3 is 5.97 Å². The van der Waals surface area contributed by atoms with Crippen molar-refractivity contribution in [3.63, 3.8) is 0 Å². The van der Waals surface area contributed by atoms with Crippen molar-refractivity contribution in [1.29, 1.82) is 0 Å². The van der Waals surface area contributed by atoms with Gasteiger partial charge in [-0.3, -0.25) is 9.59 Å². The lowest BCUT2D eigenvalue weighted by molar-refractivity contribution is -0.153. The number of hydrogen-bond acceptors (Lipinski definition) is 6. The Morgan fingerprint density at radius 2 is 1.73 bits per heavy atom. The van der Waals surface area contributed by atoms with Gasteiger partial charge in [0.1, 0.15) is 23.7 Å². The number of rotatable bonds is 7. The summed E-state index contributed by atoms with van der Waals surface area (Å²) in [5, 5.41) is 9.40. The average molecular weight is 456 g/mol. The Labute approximate surface area is 190 Å². The fourth-order valence-corrected chi connectivity index (χ4v) is 4.74. The van der Waals surface area contributed by atoms with E-state index in [0.29, 0.717) is 30.3 Å². The Hall–Kier alpha value is -2.88. The molecule has 0 aromatic heterocycles. The molecule has 3 fully saturated rings. The number of halogens is 2. The van der Waals surface area contributed by atoms with E-state index in [1.54, 1.807) is 17.0 Å². The molecule has 0 bridgehead atoms. The highest BCUT2D eigenvalue weighted by Crippen LogP contribution is 2.46. The first-order chi connectivity index (χ1) is 16.0. The Morgan fingerprint density at radius 3 is 2.33 bits per heavy atom. The van der Waals surface area contributed by atoms with E-state index in [4.69, 9.17) is 4.74 Å². The van der Waals surface area contributed by atoms with Crippen LogP contribution in [0.2, 0.25) is 0 Å². The molecule has 3 aliphatic rings. The summed E-state index contributed by atoms with van der Waals surface area (Å²) < 4.78 is 34.6. The van der Waals surface area contributed by atoms with E-state index in [-0.39, 0.29) is 19.0 Å². The molecule has 2 saturated heterocycles. The van der Waals surface area contributed by atoms with Gasteiger partial charge in [-0.25, -0.2) is 13.7 Å². The molecule has 2 atom stereocenters. The van der Waals surface area contributed by atoms with Crippen LogP contribution in [0.4, 0.5) is 8.78 Å². The second-order valence-corrected chi connectivity index (χ2v) is 8.70. The molecule has 1 saturated carbocycles. The van der Waals surface area contributed by atoms with Crippen LogP contribution < -0.4 is 16.0 Å². The number of cyclic esters (lactones) is 1. The van der Waals surface area contributed by atoms with E-state index in [2.05, 4.69) is 16.0 Å². The zero-order valence-electron chi connectivity index (χ0n) is 18.0. The molecule has 9 heteroatoms. The van der Waals surface area contributed by atoms with Crippen LogP contribution in [-0.4, -0.2) is 61.1 Å². The predicted molar refractivity (Wildman–Crippen MR) is 116 cm³/mol. The zero-order chi connectivity index (χ0) is 23.0. The molecule has 5 rings (SSSR count). The maximum atomic E-state index is 14.3. The van der Waals surface area contributed by atoms with Gasteiger partial charge in [-0.05, 0) is 37.1 Å². The van der Waals surface area contributed by atoms with E-state index in [1.807, 2.05) is 0 Å². The first kappa shape index (κ1) is 21.9. The molecule has 2 aliphatic heterocycles. The van der Waals surface area contributed by atoms with Crippen molar-refractivity contribution in [2.24, 2.45) is 0 Å². The molecule has 3 N–H and O–H groups in total. The number of ether oxygens (including phenoxy) is 1. The van der Waals surface area contributed by atoms with E-state index in [1.165, 1.54) is 36.4 Å². The highest BCUT2D eigenvalue weighted by molar-refractivity contribution is 5.86. The summed E-state index contributed by atoms with van der Waals surface area (Å²) in [4.78, 5) is 27.9. The van der Waals surface area contributed by atoms with Crippen molar-refractivity contribution >= 4 is 11.9 Å². The van der Waals surface area contributed by atoms with Gasteiger partial charge < -0.3 is 20.7 Å². The van der Waals surface area contributed by atoms with E-state index >= 15 is 0 Å². The third-order valence-electron chi connectivity index (χ3n) is 6.40. The molecule has 0 radical (unpaired) electrons. The smallest absolute Gasteiger partial charge is 0.327 e. The summed E-state index contributed by atoms with van der Waals surface area (Å²) in [6.45, 7) is 1.61. The highest BCUT2D eigenvalue weighted by atomic mass is 19.1. The molecular formula is C24H26F2N4O3. The van der Waals surface area contributed by atoms with Gasteiger partial charge in [0, 0.05) is 43.3 Å². The molecule has 2 aromatic rings. The normalized spacial score (nSPS) is 24.2. The molecule has 0 spiro atoms. The van der Waals surface area contributed by atoms with Crippen molar-refractivity contribution in [2.45, 2.75) is 36.7 Å². The summed E-state index contributed by atoms with van der Waals surface area (Å²) >= 11 is 0. The minimum Gasteiger partial charge on any atom is -0.434 e. The molecule has 2 aromatic carbocycles. The number of piperazine rings is 1. The fraction of sp³-hybridized carbons (Fsp3) is 0.417. The summed E-state index contributed by atoms with van der Waals surface area (Å²) in [7, 11) is 0. The van der Waals surface area contributed by atoms with Crippen LogP contribution in [0.15, 0.2) is 48.5 Å². The monoisotopic (exact) mass is 456 g/mol. The number of nitrogens with zero attached hydrogens (tertiary/aromatic N) is 1. The third-order valence-corrected chi connectivity index (χ3v) is 6.40. The van der Waals surface area contributed by atoms with Crippen molar-refractivity contribution in [3.8, 4) is 0 Å². The predicted octanol–water partition coefficient (Wildman–Crippen LogP) is 1.23. The number of nitrogens with one attached hydrogen (secondary N) is 3. The van der Waals surface area contributed by atoms with Gasteiger partial charge in [0.25, 0.3) is 0 Å². The second-order valence-electron chi connectivity index (χ2n) is 8.70. The number of carbonyl (C=O) groups excluding carboxylic acids is 2. The fourth-order valence-electron chi connectivity index (χ4n) is 4.74. The summed E-state index contributed by atoms with van der Waals surface area (Å²) in [5.74, 6) is -1.88. The number of amides is 1. The summed E-state index contributed by atoms with van der Waals surface area (Å²) in [6.07, 6.45) is 2.30. The minimum atomic E-state index is -1.64. The summed E-state index contributed by atoms with van der Waals surface area (Å²) in [6, 6.07) is 10.3. The molecule has 7 nitrogen and oxygen atoms in total. The second kappa shape index (κ2) is 8.81. The molecule has 1 aliphatic carbocycles. The van der Waals surface area contributed by atoms with Crippen LogP contribution in [0.3, 0.4) is 0 Å². The van der Waals surface area contributed by atoms with E-state index in [0.717, 1.165) is 12.8 Å². The Balaban J connectivity index is 1.54. The highest BCUT2D eigenvalue weighted by Gasteiger charge is 2.60. The van der Waals surface area contributed by atoms with Crippen LogP contribution in [0.1, 0.15) is 24.0 Å². The average Bonchev–Trinajstić information content (AvgIpc) is 3.59. The van der Waals surface area contributed by atoms with Gasteiger partial charge in [-0.15, -0.1) is 0 Å². The lowest BCUT2D eigenvalue weighted by Crippen LogP contribution is -2.66. The van der Waals surface area contributed by atoms with E-state index in [9.17, 15) is 18.4 Å². The van der Waals surface area contributed by atoms with E-state index < -0.39 is 35.4 Å². The molecule has 2 heterocycles. The molecule has 174 valence electrons. The van der Waals surface area contributed by atoms with Crippen LogP contribution >= 0.6 is 0 Å². The van der Waals surface area contributed by atoms with Gasteiger partial charge in [0.15, 0.2) is 0 Å². The molecule has 33 heavy (non-hydrogen) atoms. The Bertz CT molecular complexity index is 1020. The lowest BCUT2D eigenvalue weighted by Gasteiger charge is -2.44. The molecule has 1 amide bonds. The number of carbonyl (C=O) groups is 2.